The SMILES string of the molecule is CCc1ccccc1C(=O)NCC1(N)CCC1.Cl. The minimum absolute atomic E-state index is 0. The van der Waals surface area contributed by atoms with Crippen LogP contribution in [-0.2, 0) is 6.42 Å². The van der Waals surface area contributed by atoms with E-state index in [2.05, 4.69) is 12.2 Å². The Hall–Kier alpha value is -1.06. The Morgan fingerprint density at radius 2 is 2.06 bits per heavy atom. The molecule has 0 radical (unpaired) electrons. The van der Waals surface area contributed by atoms with Gasteiger partial charge in [0.15, 0.2) is 0 Å². The number of halogens is 1. The topological polar surface area (TPSA) is 55.1 Å². The molecule has 1 aromatic rings. The van der Waals surface area contributed by atoms with Crippen LogP contribution in [0.2, 0.25) is 0 Å². The highest BCUT2D eigenvalue weighted by Gasteiger charge is 2.32. The number of aryl methyl sites for hydroxylation is 1. The number of rotatable bonds is 4. The number of benzene rings is 1. The number of nitrogens with one attached hydrogen (secondary N) is 1. The Morgan fingerprint density at radius 1 is 1.39 bits per heavy atom. The monoisotopic (exact) mass is 268 g/mol. The van der Waals surface area contributed by atoms with Gasteiger partial charge in [-0.2, -0.15) is 0 Å². The molecule has 0 aliphatic heterocycles. The largest absolute Gasteiger partial charge is 0.350 e. The first kappa shape index (κ1) is 15.0. The molecule has 1 fully saturated rings. The third kappa shape index (κ3) is 3.24. The summed E-state index contributed by atoms with van der Waals surface area (Å²) in [6, 6.07) is 7.73. The predicted molar refractivity (Wildman–Crippen MR) is 76.2 cm³/mol. The third-order valence-electron chi connectivity index (χ3n) is 3.59. The average Bonchev–Trinajstić information content (AvgIpc) is 2.33. The maximum atomic E-state index is 12.0. The summed E-state index contributed by atoms with van der Waals surface area (Å²) in [5.41, 5.74) is 7.79. The molecule has 0 saturated heterocycles. The molecular weight excluding hydrogens is 248 g/mol. The second-order valence-electron chi connectivity index (χ2n) is 4.91. The van der Waals surface area contributed by atoms with E-state index in [1.54, 1.807) is 0 Å². The van der Waals surface area contributed by atoms with Crippen LogP contribution in [0.5, 0.6) is 0 Å². The molecule has 18 heavy (non-hydrogen) atoms. The van der Waals surface area contributed by atoms with Crippen molar-refractivity contribution in [2.45, 2.75) is 38.1 Å². The van der Waals surface area contributed by atoms with E-state index in [1.807, 2.05) is 24.3 Å². The first-order valence-corrected chi connectivity index (χ1v) is 6.30. The van der Waals surface area contributed by atoms with Crippen molar-refractivity contribution in [3.8, 4) is 0 Å². The van der Waals surface area contributed by atoms with E-state index < -0.39 is 0 Å². The van der Waals surface area contributed by atoms with Gasteiger partial charge in [0.05, 0.1) is 0 Å². The smallest absolute Gasteiger partial charge is 0.251 e. The van der Waals surface area contributed by atoms with Gasteiger partial charge >= 0.3 is 0 Å². The van der Waals surface area contributed by atoms with Gasteiger partial charge in [-0.15, -0.1) is 12.4 Å². The van der Waals surface area contributed by atoms with Crippen LogP contribution in [0.15, 0.2) is 24.3 Å². The average molecular weight is 269 g/mol. The van der Waals surface area contributed by atoms with Crippen molar-refractivity contribution in [2.24, 2.45) is 5.73 Å². The zero-order valence-electron chi connectivity index (χ0n) is 10.7. The number of hydrogen-bond donors (Lipinski definition) is 2. The van der Waals surface area contributed by atoms with Gasteiger partial charge in [0.2, 0.25) is 0 Å². The molecule has 4 heteroatoms. The Labute approximate surface area is 115 Å². The van der Waals surface area contributed by atoms with Crippen molar-refractivity contribution in [1.29, 1.82) is 0 Å². The maximum Gasteiger partial charge on any atom is 0.251 e. The molecule has 100 valence electrons. The van der Waals surface area contributed by atoms with Crippen LogP contribution in [-0.4, -0.2) is 18.0 Å². The van der Waals surface area contributed by atoms with Crippen LogP contribution in [0.1, 0.15) is 42.1 Å². The number of carbonyl (C=O) groups excluding carboxylic acids is 1. The third-order valence-corrected chi connectivity index (χ3v) is 3.59. The zero-order valence-corrected chi connectivity index (χ0v) is 11.6. The van der Waals surface area contributed by atoms with Crippen LogP contribution in [0.3, 0.4) is 0 Å². The number of carbonyl (C=O) groups is 1. The zero-order chi connectivity index (χ0) is 12.3. The second kappa shape index (κ2) is 6.21. The molecule has 0 aromatic heterocycles. The molecule has 0 unspecified atom stereocenters. The fourth-order valence-electron chi connectivity index (χ4n) is 2.21. The van der Waals surface area contributed by atoms with Crippen LogP contribution in [0.25, 0.3) is 0 Å². The van der Waals surface area contributed by atoms with Crippen molar-refractivity contribution >= 4 is 18.3 Å². The Morgan fingerprint density at radius 3 is 2.61 bits per heavy atom. The van der Waals surface area contributed by atoms with Crippen molar-refractivity contribution in [3.63, 3.8) is 0 Å². The summed E-state index contributed by atoms with van der Waals surface area (Å²) >= 11 is 0. The van der Waals surface area contributed by atoms with E-state index in [-0.39, 0.29) is 23.9 Å². The molecule has 1 amide bonds. The minimum Gasteiger partial charge on any atom is -0.350 e. The molecule has 0 spiro atoms. The van der Waals surface area contributed by atoms with Gasteiger partial charge in [0, 0.05) is 17.6 Å². The first-order chi connectivity index (χ1) is 8.14. The summed E-state index contributed by atoms with van der Waals surface area (Å²) in [6.45, 7) is 2.65. The summed E-state index contributed by atoms with van der Waals surface area (Å²) in [5.74, 6) is -0.000764. The van der Waals surface area contributed by atoms with Crippen LogP contribution in [0.4, 0.5) is 0 Å². The van der Waals surface area contributed by atoms with Gasteiger partial charge in [-0.05, 0) is 37.3 Å². The molecule has 0 atom stereocenters. The van der Waals surface area contributed by atoms with Crippen molar-refractivity contribution in [2.75, 3.05) is 6.54 Å². The Kier molecular flexibility index (Phi) is 5.17. The lowest BCUT2D eigenvalue weighted by Gasteiger charge is -2.38. The van der Waals surface area contributed by atoms with Gasteiger partial charge in [-0.25, -0.2) is 0 Å². The number of amides is 1. The van der Waals surface area contributed by atoms with Gasteiger partial charge in [0.25, 0.3) is 5.91 Å². The maximum absolute atomic E-state index is 12.0. The summed E-state index contributed by atoms with van der Waals surface area (Å²) in [6.07, 6.45) is 4.08. The lowest BCUT2D eigenvalue weighted by molar-refractivity contribution is 0.0929. The van der Waals surface area contributed by atoms with E-state index in [0.29, 0.717) is 6.54 Å². The molecule has 0 bridgehead atoms. The quantitative estimate of drug-likeness (QED) is 0.880. The highest BCUT2D eigenvalue weighted by atomic mass is 35.5. The Balaban J connectivity index is 0.00000162. The highest BCUT2D eigenvalue weighted by molar-refractivity contribution is 5.95. The van der Waals surface area contributed by atoms with Gasteiger partial charge in [-0.1, -0.05) is 25.1 Å². The minimum atomic E-state index is -0.156. The lowest BCUT2D eigenvalue weighted by atomic mass is 9.78. The van der Waals surface area contributed by atoms with Crippen molar-refractivity contribution in [1.82, 2.24) is 5.32 Å². The molecule has 2 rings (SSSR count). The molecule has 0 heterocycles. The van der Waals surface area contributed by atoms with Crippen LogP contribution in [0, 0.1) is 0 Å². The van der Waals surface area contributed by atoms with Crippen LogP contribution < -0.4 is 11.1 Å². The molecular formula is C14H21ClN2O. The van der Waals surface area contributed by atoms with E-state index in [9.17, 15) is 4.79 Å². The fraction of sp³-hybridized carbons (Fsp3) is 0.500. The molecule has 1 aliphatic rings. The summed E-state index contributed by atoms with van der Waals surface area (Å²) < 4.78 is 0. The fourth-order valence-corrected chi connectivity index (χ4v) is 2.21. The van der Waals surface area contributed by atoms with Crippen molar-refractivity contribution < 1.29 is 4.79 Å². The van der Waals surface area contributed by atoms with Gasteiger partial charge in [0.1, 0.15) is 0 Å². The lowest BCUT2D eigenvalue weighted by Crippen LogP contribution is -2.55. The number of hydrogen-bond acceptors (Lipinski definition) is 2. The standard InChI is InChI=1S/C14H20N2O.ClH/c1-2-11-6-3-4-7-12(11)13(17)16-10-14(15)8-5-9-14;/h3-4,6-7H,2,5,8-10,15H2,1H3,(H,16,17);1H. The summed E-state index contributed by atoms with van der Waals surface area (Å²) in [7, 11) is 0. The molecule has 1 aromatic carbocycles. The second-order valence-corrected chi connectivity index (χ2v) is 4.91. The summed E-state index contributed by atoms with van der Waals surface area (Å²) in [4.78, 5) is 12.0. The van der Waals surface area contributed by atoms with E-state index in [4.69, 9.17) is 5.73 Å². The normalized spacial score (nSPS) is 16.3. The van der Waals surface area contributed by atoms with Gasteiger partial charge in [-0.3, -0.25) is 4.79 Å². The van der Waals surface area contributed by atoms with Crippen molar-refractivity contribution in [3.05, 3.63) is 35.4 Å². The van der Waals surface area contributed by atoms with Gasteiger partial charge < -0.3 is 11.1 Å². The van der Waals surface area contributed by atoms with Crippen LogP contribution >= 0.6 is 12.4 Å². The molecule has 1 saturated carbocycles. The van der Waals surface area contributed by atoms with E-state index in [0.717, 1.165) is 30.4 Å². The number of nitrogens with two attached hydrogens (primary N) is 1. The Bertz CT molecular complexity index is 416. The highest BCUT2D eigenvalue weighted by Crippen LogP contribution is 2.28. The first-order valence-electron chi connectivity index (χ1n) is 6.30. The van der Waals surface area contributed by atoms with E-state index >= 15 is 0 Å². The molecule has 1 aliphatic carbocycles. The molecule has 3 N–H and O–H groups in total. The summed E-state index contributed by atoms with van der Waals surface area (Å²) in [5, 5.41) is 2.95. The predicted octanol–water partition coefficient (Wildman–Crippen LogP) is 2.28. The van der Waals surface area contributed by atoms with E-state index in [1.165, 1.54) is 6.42 Å². The molecule has 3 nitrogen and oxygen atoms in total.